The Morgan fingerprint density at radius 2 is 1.91 bits per heavy atom. The second kappa shape index (κ2) is 8.94. The average Bonchev–Trinajstić information content (AvgIpc) is 3.13. The molecule has 1 saturated carbocycles. The third-order valence-electron chi connectivity index (χ3n) is 7.86. The van der Waals surface area contributed by atoms with Crippen LogP contribution < -0.4 is 10.1 Å². The van der Waals surface area contributed by atoms with Gasteiger partial charge in [0.05, 0.1) is 7.11 Å². The number of hydrogen-bond donors (Lipinski definition) is 1. The van der Waals surface area contributed by atoms with Crippen molar-refractivity contribution < 1.29 is 9.53 Å². The fraction of sp³-hybridized carbons (Fsp3) is 0.500. The van der Waals surface area contributed by atoms with E-state index in [0.29, 0.717) is 30.3 Å². The summed E-state index contributed by atoms with van der Waals surface area (Å²) in [6, 6.07) is 18.9. The van der Waals surface area contributed by atoms with Gasteiger partial charge in [0.2, 0.25) is 5.91 Å². The summed E-state index contributed by atoms with van der Waals surface area (Å²) in [5.41, 5.74) is 1.78. The smallest absolute Gasteiger partial charge is 0.248 e. The van der Waals surface area contributed by atoms with Crippen molar-refractivity contribution in [2.75, 3.05) is 13.7 Å². The van der Waals surface area contributed by atoms with E-state index < -0.39 is 5.54 Å². The minimum atomic E-state index is -0.641. The first-order valence-electron chi connectivity index (χ1n) is 12.2. The molecule has 4 aliphatic rings. The van der Waals surface area contributed by atoms with E-state index in [4.69, 9.17) is 9.73 Å². The van der Waals surface area contributed by atoms with Crippen LogP contribution in [0, 0.1) is 23.7 Å². The predicted octanol–water partition coefficient (Wildman–Crippen LogP) is 4.32. The van der Waals surface area contributed by atoms with E-state index in [2.05, 4.69) is 54.5 Å². The molecule has 5 unspecified atom stereocenters. The highest BCUT2D eigenvalue weighted by atomic mass is 16.5. The number of rotatable bonds is 8. The predicted molar refractivity (Wildman–Crippen MR) is 131 cm³/mol. The fourth-order valence-electron chi connectivity index (χ4n) is 6.43. The molecule has 0 radical (unpaired) electrons. The molecular weight excluding hydrogens is 410 g/mol. The zero-order valence-electron chi connectivity index (χ0n) is 19.9. The van der Waals surface area contributed by atoms with Crippen molar-refractivity contribution in [3.8, 4) is 5.75 Å². The summed E-state index contributed by atoms with van der Waals surface area (Å²) in [6.07, 6.45) is 4.01. The van der Waals surface area contributed by atoms with Crippen LogP contribution in [0.15, 0.2) is 59.6 Å². The van der Waals surface area contributed by atoms with Crippen LogP contribution in [0.4, 0.5) is 0 Å². The van der Waals surface area contributed by atoms with Crippen molar-refractivity contribution in [3.63, 3.8) is 0 Å². The summed E-state index contributed by atoms with van der Waals surface area (Å²) < 4.78 is 5.33. The first-order valence-corrected chi connectivity index (χ1v) is 12.2. The third-order valence-corrected chi connectivity index (χ3v) is 7.86. The van der Waals surface area contributed by atoms with E-state index in [0.717, 1.165) is 37.2 Å². The van der Waals surface area contributed by atoms with Crippen molar-refractivity contribution in [2.45, 2.75) is 51.4 Å². The van der Waals surface area contributed by atoms with Gasteiger partial charge in [-0.2, -0.15) is 0 Å². The number of benzene rings is 2. The number of nitrogens with zero attached hydrogens (tertiary/aromatic N) is 2. The Hall–Kier alpha value is -2.66. The molecule has 5 atom stereocenters. The normalized spacial score (nSPS) is 30.1. The number of hydrogen-bond acceptors (Lipinski definition) is 4. The van der Waals surface area contributed by atoms with Crippen LogP contribution in [-0.4, -0.2) is 42.3 Å². The number of ether oxygens (including phenoxy) is 1. The van der Waals surface area contributed by atoms with Gasteiger partial charge in [0.25, 0.3) is 0 Å². The Kier molecular flexibility index (Phi) is 6.00. The molecular formula is C28H35N3O2. The quantitative estimate of drug-likeness (QED) is 0.659. The Bertz CT molecular complexity index is 1000. The number of nitrogens with one attached hydrogen (secondary N) is 1. The van der Waals surface area contributed by atoms with Crippen LogP contribution in [0.2, 0.25) is 0 Å². The highest BCUT2D eigenvalue weighted by Gasteiger charge is 2.63. The van der Waals surface area contributed by atoms with Crippen molar-refractivity contribution in [1.29, 1.82) is 0 Å². The Morgan fingerprint density at radius 1 is 1.15 bits per heavy atom. The van der Waals surface area contributed by atoms with E-state index in [1.165, 1.54) is 5.56 Å². The summed E-state index contributed by atoms with van der Waals surface area (Å²) in [4.78, 5) is 21.4. The van der Waals surface area contributed by atoms with Crippen molar-refractivity contribution in [3.05, 3.63) is 65.7 Å². The standard InChI is InChI=1S/C28H35N3O2/c1-19(2)13-25-26-24-16-30-28(25,27(32)29-15-20-7-5-4-6-8-20)14-22(24)18-31(26)17-21-9-11-23(33-3)12-10-21/h4-12,16,19,22,24-26H,13-15,17-18H2,1-3H3,(H,29,32). The number of likely N-dealkylation sites (tertiary alicyclic amines) is 1. The molecule has 3 aliphatic heterocycles. The highest BCUT2D eigenvalue weighted by molar-refractivity contribution is 5.91. The molecule has 33 heavy (non-hydrogen) atoms. The van der Waals surface area contributed by atoms with Gasteiger partial charge in [0, 0.05) is 43.7 Å². The topological polar surface area (TPSA) is 53.9 Å². The Labute approximate surface area is 197 Å². The molecule has 5 nitrogen and oxygen atoms in total. The largest absolute Gasteiger partial charge is 0.497 e. The zero-order valence-corrected chi connectivity index (χ0v) is 19.9. The SMILES string of the molecule is COc1ccc(CN2CC3CC4(C(=O)NCc5ccccc5)N=CC3C2C4CC(C)C)cc1. The van der Waals surface area contributed by atoms with Gasteiger partial charge < -0.3 is 10.1 Å². The van der Waals surface area contributed by atoms with Crippen molar-refractivity contribution in [1.82, 2.24) is 10.2 Å². The first kappa shape index (κ1) is 22.1. The monoisotopic (exact) mass is 445 g/mol. The van der Waals surface area contributed by atoms with Gasteiger partial charge in [-0.25, -0.2) is 0 Å². The molecule has 2 fully saturated rings. The third kappa shape index (κ3) is 4.08. The number of carbonyl (C=O) groups is 1. The second-order valence-corrected chi connectivity index (χ2v) is 10.4. The Balaban J connectivity index is 1.39. The van der Waals surface area contributed by atoms with Gasteiger partial charge >= 0.3 is 0 Å². The average molecular weight is 446 g/mol. The summed E-state index contributed by atoms with van der Waals surface area (Å²) in [5.74, 6) is 2.70. The van der Waals surface area contributed by atoms with E-state index in [9.17, 15) is 4.79 Å². The van der Waals surface area contributed by atoms with Crippen LogP contribution in [0.3, 0.4) is 0 Å². The van der Waals surface area contributed by atoms with Crippen LogP contribution in [-0.2, 0) is 17.9 Å². The first-order chi connectivity index (χ1) is 16.0. The lowest BCUT2D eigenvalue weighted by Gasteiger charge is -2.51. The van der Waals surface area contributed by atoms with Crippen LogP contribution in [0.1, 0.15) is 37.8 Å². The zero-order chi connectivity index (χ0) is 23.0. The van der Waals surface area contributed by atoms with Gasteiger partial charge in [-0.05, 0) is 47.9 Å². The molecule has 1 amide bonds. The van der Waals surface area contributed by atoms with Gasteiger partial charge in [0.15, 0.2) is 0 Å². The van der Waals surface area contributed by atoms with Crippen LogP contribution in [0.5, 0.6) is 5.75 Å². The van der Waals surface area contributed by atoms with Gasteiger partial charge in [-0.1, -0.05) is 56.3 Å². The Morgan fingerprint density at radius 3 is 2.61 bits per heavy atom. The summed E-state index contributed by atoms with van der Waals surface area (Å²) in [5, 5.41) is 3.25. The molecule has 4 bridgehead atoms. The molecule has 174 valence electrons. The molecule has 5 heteroatoms. The number of carbonyl (C=O) groups excluding carboxylic acids is 1. The van der Waals surface area contributed by atoms with E-state index in [1.807, 2.05) is 30.3 Å². The van der Waals surface area contributed by atoms with Crippen molar-refractivity contribution >= 4 is 12.1 Å². The van der Waals surface area contributed by atoms with Gasteiger partial charge in [0.1, 0.15) is 11.3 Å². The molecule has 0 spiro atoms. The number of aliphatic imine (C=N–C) groups is 1. The van der Waals surface area contributed by atoms with E-state index in [-0.39, 0.29) is 11.8 Å². The number of amides is 1. The second-order valence-electron chi connectivity index (χ2n) is 10.4. The molecule has 1 saturated heterocycles. The number of methoxy groups -OCH3 is 1. The fourth-order valence-corrected chi connectivity index (χ4v) is 6.43. The van der Waals surface area contributed by atoms with Crippen LogP contribution >= 0.6 is 0 Å². The maximum absolute atomic E-state index is 13.7. The maximum Gasteiger partial charge on any atom is 0.248 e. The van der Waals surface area contributed by atoms with E-state index in [1.54, 1.807) is 7.11 Å². The molecule has 6 rings (SSSR count). The van der Waals surface area contributed by atoms with Gasteiger partial charge in [-0.15, -0.1) is 0 Å². The molecule has 1 N–H and O–H groups in total. The maximum atomic E-state index is 13.7. The molecule has 3 heterocycles. The molecule has 1 aliphatic carbocycles. The lowest BCUT2D eigenvalue weighted by Crippen LogP contribution is -2.63. The molecule has 0 aromatic heterocycles. The minimum absolute atomic E-state index is 0.104. The van der Waals surface area contributed by atoms with E-state index >= 15 is 0 Å². The molecule has 2 aromatic carbocycles. The van der Waals surface area contributed by atoms with Gasteiger partial charge in [-0.3, -0.25) is 14.7 Å². The lowest BCUT2D eigenvalue weighted by atomic mass is 9.59. The molecule has 2 aromatic rings. The van der Waals surface area contributed by atoms with Crippen LogP contribution in [0.25, 0.3) is 0 Å². The van der Waals surface area contributed by atoms with Crippen molar-refractivity contribution in [2.24, 2.45) is 28.7 Å². The summed E-state index contributed by atoms with van der Waals surface area (Å²) in [7, 11) is 1.70. The summed E-state index contributed by atoms with van der Waals surface area (Å²) in [6.45, 7) is 7.03. The lowest BCUT2D eigenvalue weighted by molar-refractivity contribution is -0.132. The summed E-state index contributed by atoms with van der Waals surface area (Å²) >= 11 is 0. The highest BCUT2D eigenvalue weighted by Crippen LogP contribution is 2.55. The minimum Gasteiger partial charge on any atom is -0.497 e.